The molecule has 0 saturated carbocycles. The highest BCUT2D eigenvalue weighted by molar-refractivity contribution is 7.88. The SMILES string of the molecule is Cc1cccc(CS(=O)(=O)N2CCC(OCC(C)C)CC2)c1. The lowest BCUT2D eigenvalue weighted by Crippen LogP contribution is -2.41. The number of hydrogen-bond acceptors (Lipinski definition) is 3. The van der Waals surface area contributed by atoms with Crippen LogP contribution in [-0.2, 0) is 20.5 Å². The van der Waals surface area contributed by atoms with Crippen molar-refractivity contribution in [1.82, 2.24) is 4.31 Å². The molecule has 0 radical (unpaired) electrons. The lowest BCUT2D eigenvalue weighted by atomic mass is 10.1. The van der Waals surface area contributed by atoms with Gasteiger partial charge in [0.05, 0.1) is 11.9 Å². The number of aryl methyl sites for hydroxylation is 1. The normalized spacial score (nSPS) is 18.0. The molecular weight excluding hydrogens is 298 g/mol. The van der Waals surface area contributed by atoms with Crippen molar-refractivity contribution in [2.75, 3.05) is 19.7 Å². The van der Waals surface area contributed by atoms with Crippen LogP contribution in [-0.4, -0.2) is 38.5 Å². The summed E-state index contributed by atoms with van der Waals surface area (Å²) >= 11 is 0. The Morgan fingerprint density at radius 3 is 2.55 bits per heavy atom. The highest BCUT2D eigenvalue weighted by Gasteiger charge is 2.28. The van der Waals surface area contributed by atoms with Crippen molar-refractivity contribution in [3.8, 4) is 0 Å². The highest BCUT2D eigenvalue weighted by atomic mass is 32.2. The zero-order chi connectivity index (χ0) is 16.2. The van der Waals surface area contributed by atoms with Gasteiger partial charge in [-0.3, -0.25) is 0 Å². The van der Waals surface area contributed by atoms with Gasteiger partial charge in [-0.1, -0.05) is 43.7 Å². The molecule has 1 aliphatic rings. The number of nitrogens with zero attached hydrogens (tertiary/aromatic N) is 1. The Morgan fingerprint density at radius 1 is 1.27 bits per heavy atom. The quantitative estimate of drug-likeness (QED) is 0.808. The fourth-order valence-corrected chi connectivity index (χ4v) is 4.26. The summed E-state index contributed by atoms with van der Waals surface area (Å²) in [5.74, 6) is 0.606. The van der Waals surface area contributed by atoms with E-state index in [9.17, 15) is 8.42 Å². The molecule has 0 unspecified atom stereocenters. The Bertz CT molecular complexity index is 575. The molecule has 0 bridgehead atoms. The summed E-state index contributed by atoms with van der Waals surface area (Å²) < 4.78 is 32.5. The largest absolute Gasteiger partial charge is 0.378 e. The third-order valence-electron chi connectivity index (χ3n) is 3.89. The Morgan fingerprint density at radius 2 is 1.95 bits per heavy atom. The summed E-state index contributed by atoms with van der Waals surface area (Å²) in [6.07, 6.45) is 1.78. The third kappa shape index (κ3) is 5.07. The van der Waals surface area contributed by atoms with Crippen molar-refractivity contribution in [3.63, 3.8) is 0 Å². The minimum atomic E-state index is -3.23. The predicted molar refractivity (Wildman–Crippen MR) is 89.2 cm³/mol. The average Bonchev–Trinajstić information content (AvgIpc) is 2.45. The van der Waals surface area contributed by atoms with Crippen molar-refractivity contribution < 1.29 is 13.2 Å². The van der Waals surface area contributed by atoms with Crippen molar-refractivity contribution in [1.29, 1.82) is 0 Å². The molecule has 1 aromatic carbocycles. The van der Waals surface area contributed by atoms with E-state index in [1.165, 1.54) is 0 Å². The minimum absolute atomic E-state index is 0.0895. The van der Waals surface area contributed by atoms with Crippen LogP contribution >= 0.6 is 0 Å². The van der Waals surface area contributed by atoms with Gasteiger partial charge in [-0.05, 0) is 31.2 Å². The number of sulfonamides is 1. The van der Waals surface area contributed by atoms with Crippen LogP contribution in [0, 0.1) is 12.8 Å². The first-order chi connectivity index (χ1) is 10.4. The van der Waals surface area contributed by atoms with E-state index in [0.29, 0.717) is 19.0 Å². The van der Waals surface area contributed by atoms with E-state index < -0.39 is 10.0 Å². The van der Waals surface area contributed by atoms with E-state index in [1.807, 2.05) is 31.2 Å². The molecule has 1 heterocycles. The first-order valence-corrected chi connectivity index (χ1v) is 9.62. The van der Waals surface area contributed by atoms with Gasteiger partial charge >= 0.3 is 0 Å². The van der Waals surface area contributed by atoms with Crippen LogP contribution in [0.5, 0.6) is 0 Å². The summed E-state index contributed by atoms with van der Waals surface area (Å²) in [6, 6.07) is 7.71. The Balaban J connectivity index is 1.89. The maximum absolute atomic E-state index is 12.5. The zero-order valence-corrected chi connectivity index (χ0v) is 14.6. The second-order valence-electron chi connectivity index (χ2n) is 6.57. The number of benzene rings is 1. The zero-order valence-electron chi connectivity index (χ0n) is 13.8. The van der Waals surface area contributed by atoms with Crippen LogP contribution in [0.1, 0.15) is 37.8 Å². The minimum Gasteiger partial charge on any atom is -0.378 e. The van der Waals surface area contributed by atoms with Gasteiger partial charge < -0.3 is 4.74 Å². The van der Waals surface area contributed by atoms with Gasteiger partial charge in [0.25, 0.3) is 0 Å². The molecule has 0 atom stereocenters. The van der Waals surface area contributed by atoms with Gasteiger partial charge in [-0.25, -0.2) is 12.7 Å². The lowest BCUT2D eigenvalue weighted by Gasteiger charge is -2.31. The molecule has 22 heavy (non-hydrogen) atoms. The van der Waals surface area contributed by atoms with Crippen molar-refractivity contribution >= 4 is 10.0 Å². The average molecular weight is 325 g/mol. The monoisotopic (exact) mass is 325 g/mol. The molecule has 0 aromatic heterocycles. The highest BCUT2D eigenvalue weighted by Crippen LogP contribution is 2.20. The van der Waals surface area contributed by atoms with Crippen LogP contribution in [0.25, 0.3) is 0 Å². The summed E-state index contributed by atoms with van der Waals surface area (Å²) in [4.78, 5) is 0. The molecule has 0 amide bonds. The van der Waals surface area contributed by atoms with Crippen LogP contribution in [0.2, 0.25) is 0 Å². The first-order valence-electron chi connectivity index (χ1n) is 8.02. The fourth-order valence-electron chi connectivity index (χ4n) is 2.71. The molecule has 4 nitrogen and oxygen atoms in total. The first kappa shape index (κ1) is 17.4. The topological polar surface area (TPSA) is 46.6 Å². The summed E-state index contributed by atoms with van der Waals surface area (Å²) in [5.41, 5.74) is 1.95. The Hall–Kier alpha value is -0.910. The van der Waals surface area contributed by atoms with Gasteiger partial charge in [-0.2, -0.15) is 0 Å². The predicted octanol–water partition coefficient (Wildman–Crippen LogP) is 2.96. The molecule has 5 heteroatoms. The van der Waals surface area contributed by atoms with Gasteiger partial charge in [-0.15, -0.1) is 0 Å². The maximum atomic E-state index is 12.5. The van der Waals surface area contributed by atoms with Gasteiger partial charge in [0.15, 0.2) is 0 Å². The smallest absolute Gasteiger partial charge is 0.218 e. The van der Waals surface area contributed by atoms with E-state index in [2.05, 4.69) is 13.8 Å². The summed E-state index contributed by atoms with van der Waals surface area (Å²) in [6.45, 7) is 8.12. The van der Waals surface area contributed by atoms with Crippen LogP contribution in [0.15, 0.2) is 24.3 Å². The molecule has 1 fully saturated rings. The second-order valence-corrected chi connectivity index (χ2v) is 8.54. The van der Waals surface area contributed by atoms with Crippen LogP contribution < -0.4 is 0 Å². The molecule has 1 saturated heterocycles. The van der Waals surface area contributed by atoms with Crippen molar-refractivity contribution in [2.24, 2.45) is 5.92 Å². The molecule has 0 N–H and O–H groups in total. The van der Waals surface area contributed by atoms with Crippen LogP contribution in [0.3, 0.4) is 0 Å². The second kappa shape index (κ2) is 7.57. The molecule has 0 aliphatic carbocycles. The summed E-state index contributed by atoms with van der Waals surface area (Å²) in [5, 5.41) is 0. The Labute approximate surface area is 134 Å². The van der Waals surface area contributed by atoms with Crippen molar-refractivity contribution in [2.45, 2.75) is 45.5 Å². The van der Waals surface area contributed by atoms with E-state index in [-0.39, 0.29) is 11.9 Å². The molecular formula is C17H27NO3S. The van der Waals surface area contributed by atoms with E-state index >= 15 is 0 Å². The van der Waals surface area contributed by atoms with Crippen LogP contribution in [0.4, 0.5) is 0 Å². The van der Waals surface area contributed by atoms with Gasteiger partial charge in [0.1, 0.15) is 0 Å². The summed E-state index contributed by atoms with van der Waals surface area (Å²) in [7, 11) is -3.23. The molecule has 124 valence electrons. The molecule has 1 aliphatic heterocycles. The molecule has 1 aromatic rings. The number of ether oxygens (including phenoxy) is 1. The Kier molecular flexibility index (Phi) is 6.01. The van der Waals surface area contributed by atoms with E-state index in [0.717, 1.165) is 30.6 Å². The fraction of sp³-hybridized carbons (Fsp3) is 0.647. The molecule has 0 spiro atoms. The number of piperidine rings is 1. The number of hydrogen-bond donors (Lipinski definition) is 0. The molecule has 2 rings (SSSR count). The number of rotatable bonds is 6. The van der Waals surface area contributed by atoms with E-state index in [1.54, 1.807) is 4.31 Å². The third-order valence-corrected chi connectivity index (χ3v) is 5.74. The van der Waals surface area contributed by atoms with E-state index in [4.69, 9.17) is 4.74 Å². The van der Waals surface area contributed by atoms with Gasteiger partial charge in [0, 0.05) is 19.7 Å². The van der Waals surface area contributed by atoms with Gasteiger partial charge in [0.2, 0.25) is 10.0 Å². The standard InChI is InChI=1S/C17H27NO3S/c1-14(2)12-21-17-7-9-18(10-8-17)22(19,20)13-16-6-4-5-15(3)11-16/h4-6,11,14,17H,7-10,12-13H2,1-3H3. The lowest BCUT2D eigenvalue weighted by molar-refractivity contribution is 0.00747. The maximum Gasteiger partial charge on any atom is 0.218 e. The van der Waals surface area contributed by atoms with Crippen molar-refractivity contribution in [3.05, 3.63) is 35.4 Å².